The van der Waals surface area contributed by atoms with Gasteiger partial charge in [0.1, 0.15) is 0 Å². The van der Waals surface area contributed by atoms with Crippen LogP contribution in [0.15, 0.2) is 24.3 Å². The van der Waals surface area contributed by atoms with Crippen LogP contribution < -0.4 is 9.80 Å². The summed E-state index contributed by atoms with van der Waals surface area (Å²) in [7, 11) is 0. The van der Waals surface area contributed by atoms with Gasteiger partial charge in [0.25, 0.3) is 0 Å². The lowest BCUT2D eigenvalue weighted by molar-refractivity contribution is 0.0633. The van der Waals surface area contributed by atoms with Gasteiger partial charge in [0, 0.05) is 24.5 Å². The van der Waals surface area contributed by atoms with Gasteiger partial charge in [0.2, 0.25) is 0 Å². The molecule has 11 heteroatoms. The Bertz CT molecular complexity index is 1150. The molecule has 0 radical (unpaired) electrons. The Labute approximate surface area is 186 Å². The van der Waals surface area contributed by atoms with Crippen molar-refractivity contribution in [3.05, 3.63) is 57.6 Å². The Balaban J connectivity index is 2.08. The first-order chi connectivity index (χ1) is 14.9. The summed E-state index contributed by atoms with van der Waals surface area (Å²) in [6, 6.07) is 5.20. The molecule has 0 saturated carbocycles. The van der Waals surface area contributed by atoms with Crippen molar-refractivity contribution in [3.63, 3.8) is 0 Å². The van der Waals surface area contributed by atoms with Gasteiger partial charge in [0.15, 0.2) is 5.11 Å². The van der Waals surface area contributed by atoms with Crippen molar-refractivity contribution in [2.45, 2.75) is 13.8 Å². The molecule has 1 aliphatic heterocycles. The molecule has 1 heterocycles. The van der Waals surface area contributed by atoms with Gasteiger partial charge in [-0.25, -0.2) is 19.2 Å². The summed E-state index contributed by atoms with van der Waals surface area (Å²) in [5.41, 5.74) is 0.171. The summed E-state index contributed by atoms with van der Waals surface area (Å²) in [6.07, 6.45) is 0. The first-order valence-electron chi connectivity index (χ1n) is 9.25. The maximum Gasteiger partial charge on any atom is 0.337 e. The Morgan fingerprint density at radius 3 is 1.62 bits per heavy atom. The minimum Gasteiger partial charge on any atom is -0.478 e. The molecule has 10 nitrogen and oxygen atoms in total. The van der Waals surface area contributed by atoms with Crippen molar-refractivity contribution in [2.75, 3.05) is 22.9 Å². The van der Waals surface area contributed by atoms with Gasteiger partial charge in [-0.15, -0.1) is 0 Å². The summed E-state index contributed by atoms with van der Waals surface area (Å²) in [6.45, 7) is 4.14. The van der Waals surface area contributed by atoms with Gasteiger partial charge in [-0.2, -0.15) is 0 Å². The predicted molar refractivity (Wildman–Crippen MR) is 117 cm³/mol. The number of rotatable bonds is 6. The third-order valence-corrected chi connectivity index (χ3v) is 5.57. The molecule has 32 heavy (non-hydrogen) atoms. The Hall–Kier alpha value is -3.99. The summed E-state index contributed by atoms with van der Waals surface area (Å²) < 4.78 is 0. The van der Waals surface area contributed by atoms with Crippen LogP contribution in [0.25, 0.3) is 0 Å². The Morgan fingerprint density at radius 1 is 0.750 bits per heavy atom. The lowest BCUT2D eigenvalue weighted by Gasteiger charge is -2.26. The van der Waals surface area contributed by atoms with Crippen LogP contribution in [0.3, 0.4) is 0 Å². The number of thiocarbonyl (C=S) groups is 1. The quantitative estimate of drug-likeness (QED) is 0.472. The minimum absolute atomic E-state index is 0.132. The number of nitrogens with zero attached hydrogens (tertiary/aromatic N) is 2. The van der Waals surface area contributed by atoms with E-state index in [1.54, 1.807) is 18.7 Å². The van der Waals surface area contributed by atoms with E-state index in [1.165, 1.54) is 17.0 Å². The second-order valence-corrected chi connectivity index (χ2v) is 7.55. The Kier molecular flexibility index (Phi) is 5.86. The number of anilines is 2. The number of carbonyl (C=O) groups is 4. The average Bonchev–Trinajstić information content (AvgIpc) is 3.07. The van der Waals surface area contributed by atoms with E-state index in [0.717, 1.165) is 12.1 Å². The number of hydrogen-bond acceptors (Lipinski definition) is 5. The average molecular weight is 458 g/mol. The lowest BCUT2D eigenvalue weighted by atomic mass is 9.99. The standard InChI is InChI=1S/C21H18N2O8S/c1-9-5-11(17(24)25)6-10(2)16(9)23-4-3-22(21(23)32)12-7-13(18(26)27)15(20(30)31)14(8-12)19(28)29/h5-8H,3-4H2,1-2H3,(H,24,25)(H,26,27)(H,28,29)(H,30,31). The van der Waals surface area contributed by atoms with E-state index in [2.05, 4.69) is 0 Å². The molecule has 166 valence electrons. The topological polar surface area (TPSA) is 156 Å². The van der Waals surface area contributed by atoms with E-state index < -0.39 is 40.6 Å². The van der Waals surface area contributed by atoms with Crippen LogP contribution in [-0.4, -0.2) is 62.5 Å². The van der Waals surface area contributed by atoms with Gasteiger partial charge in [-0.3, -0.25) is 0 Å². The molecular weight excluding hydrogens is 440 g/mol. The SMILES string of the molecule is Cc1cc(C(=O)O)cc(C)c1N1CCN(c2cc(C(=O)O)c(C(=O)O)c(C(=O)O)c2)C1=S. The van der Waals surface area contributed by atoms with E-state index in [0.29, 0.717) is 23.4 Å². The maximum atomic E-state index is 11.6. The second-order valence-electron chi connectivity index (χ2n) is 7.18. The second kappa shape index (κ2) is 8.27. The summed E-state index contributed by atoms with van der Waals surface area (Å²) >= 11 is 5.56. The van der Waals surface area contributed by atoms with Crippen molar-refractivity contribution < 1.29 is 39.6 Å². The summed E-state index contributed by atoms with van der Waals surface area (Å²) in [5.74, 6) is -5.88. The molecule has 1 saturated heterocycles. The molecule has 0 aromatic heterocycles. The van der Waals surface area contributed by atoms with Crippen LogP contribution in [0.4, 0.5) is 11.4 Å². The number of aromatic carboxylic acids is 4. The molecule has 4 N–H and O–H groups in total. The Morgan fingerprint density at radius 2 is 1.22 bits per heavy atom. The predicted octanol–water partition coefficient (Wildman–Crippen LogP) is 2.71. The fraction of sp³-hybridized carbons (Fsp3) is 0.190. The zero-order valence-electron chi connectivity index (χ0n) is 16.9. The fourth-order valence-corrected chi connectivity index (χ4v) is 4.22. The molecule has 1 aliphatic rings. The normalized spacial score (nSPS) is 13.4. The monoisotopic (exact) mass is 458 g/mol. The highest BCUT2D eigenvalue weighted by atomic mass is 32.1. The highest BCUT2D eigenvalue weighted by molar-refractivity contribution is 7.80. The molecule has 2 aromatic carbocycles. The lowest BCUT2D eigenvalue weighted by Crippen LogP contribution is -2.33. The molecule has 0 aliphatic carbocycles. The number of hydrogen-bond donors (Lipinski definition) is 4. The molecule has 3 rings (SSSR count). The molecule has 0 bridgehead atoms. The first kappa shape index (κ1) is 22.7. The maximum absolute atomic E-state index is 11.6. The fourth-order valence-electron chi connectivity index (χ4n) is 3.84. The zero-order valence-corrected chi connectivity index (χ0v) is 17.8. The number of carboxylic acids is 4. The van der Waals surface area contributed by atoms with Gasteiger partial charge in [-0.05, 0) is 61.5 Å². The van der Waals surface area contributed by atoms with Crippen LogP contribution in [0.1, 0.15) is 52.6 Å². The van der Waals surface area contributed by atoms with E-state index in [4.69, 9.17) is 12.2 Å². The van der Waals surface area contributed by atoms with Gasteiger partial charge >= 0.3 is 23.9 Å². The zero-order chi connectivity index (χ0) is 23.9. The van der Waals surface area contributed by atoms with Crippen molar-refractivity contribution in [1.29, 1.82) is 0 Å². The van der Waals surface area contributed by atoms with Crippen molar-refractivity contribution >= 4 is 52.6 Å². The highest BCUT2D eigenvalue weighted by Gasteiger charge is 2.32. The number of carboxylic acid groups (broad SMARTS) is 4. The molecule has 0 amide bonds. The van der Waals surface area contributed by atoms with Crippen molar-refractivity contribution in [3.8, 4) is 0 Å². The van der Waals surface area contributed by atoms with Gasteiger partial charge < -0.3 is 30.2 Å². The number of benzene rings is 2. The van der Waals surface area contributed by atoms with E-state index in [1.807, 2.05) is 0 Å². The minimum atomic E-state index is -1.67. The molecular formula is C21H18N2O8S. The van der Waals surface area contributed by atoms with Gasteiger partial charge in [0.05, 0.1) is 22.3 Å². The van der Waals surface area contributed by atoms with Crippen LogP contribution >= 0.6 is 12.2 Å². The van der Waals surface area contributed by atoms with Gasteiger partial charge in [-0.1, -0.05) is 0 Å². The van der Waals surface area contributed by atoms with Crippen LogP contribution in [0.2, 0.25) is 0 Å². The molecule has 2 aromatic rings. The highest BCUT2D eigenvalue weighted by Crippen LogP contribution is 2.33. The third kappa shape index (κ3) is 3.85. The first-order valence-corrected chi connectivity index (χ1v) is 9.66. The smallest absolute Gasteiger partial charge is 0.337 e. The van der Waals surface area contributed by atoms with Crippen molar-refractivity contribution in [1.82, 2.24) is 0 Å². The summed E-state index contributed by atoms with van der Waals surface area (Å²) in [5, 5.41) is 37.8. The van der Waals surface area contributed by atoms with E-state index >= 15 is 0 Å². The van der Waals surface area contributed by atoms with E-state index in [-0.39, 0.29) is 22.9 Å². The summed E-state index contributed by atoms with van der Waals surface area (Å²) in [4.78, 5) is 49.4. The molecule has 0 unspecified atom stereocenters. The van der Waals surface area contributed by atoms with E-state index in [9.17, 15) is 39.6 Å². The van der Waals surface area contributed by atoms with Crippen LogP contribution in [0.5, 0.6) is 0 Å². The molecule has 0 atom stereocenters. The number of aryl methyl sites for hydroxylation is 2. The molecule has 0 spiro atoms. The van der Waals surface area contributed by atoms with Crippen molar-refractivity contribution in [2.24, 2.45) is 0 Å². The van der Waals surface area contributed by atoms with Crippen LogP contribution in [0, 0.1) is 13.8 Å². The molecule has 1 fully saturated rings. The largest absolute Gasteiger partial charge is 0.478 e. The third-order valence-electron chi connectivity index (χ3n) is 5.13. The van der Waals surface area contributed by atoms with Crippen LogP contribution in [-0.2, 0) is 0 Å².